The standard InChI is InChI=1S/C12H18Br2N4/c1-17(6-7-18-4-2-15-3-5-18)12-11(14)8-10(13)9-16-12/h8-9,15H,2-7H2,1H3. The Kier molecular flexibility index (Phi) is 5.41. The Balaban J connectivity index is 1.88. The van der Waals surface area contributed by atoms with Crippen molar-refractivity contribution in [2.24, 2.45) is 0 Å². The van der Waals surface area contributed by atoms with Gasteiger partial charge in [0.15, 0.2) is 0 Å². The summed E-state index contributed by atoms with van der Waals surface area (Å²) in [5.74, 6) is 0.994. The van der Waals surface area contributed by atoms with Crippen molar-refractivity contribution >= 4 is 37.7 Å². The molecule has 1 aromatic heterocycles. The van der Waals surface area contributed by atoms with E-state index in [4.69, 9.17) is 0 Å². The van der Waals surface area contributed by atoms with Crippen molar-refractivity contribution in [2.45, 2.75) is 0 Å². The van der Waals surface area contributed by atoms with Crippen LogP contribution in [0.15, 0.2) is 21.2 Å². The lowest BCUT2D eigenvalue weighted by Crippen LogP contribution is -2.46. The molecule has 1 aliphatic rings. The lowest BCUT2D eigenvalue weighted by molar-refractivity contribution is 0.246. The molecule has 0 aromatic carbocycles. The van der Waals surface area contributed by atoms with E-state index in [1.807, 2.05) is 12.3 Å². The molecule has 0 spiro atoms. The smallest absolute Gasteiger partial charge is 0.142 e. The third kappa shape index (κ3) is 3.91. The number of hydrogen-bond donors (Lipinski definition) is 1. The number of aromatic nitrogens is 1. The van der Waals surface area contributed by atoms with Crippen LogP contribution in [-0.4, -0.2) is 56.2 Å². The van der Waals surface area contributed by atoms with Crippen LogP contribution in [0.5, 0.6) is 0 Å². The molecule has 1 fully saturated rings. The van der Waals surface area contributed by atoms with Gasteiger partial charge in [-0.15, -0.1) is 0 Å². The second-order valence-corrected chi connectivity index (χ2v) is 6.24. The van der Waals surface area contributed by atoms with Crippen molar-refractivity contribution < 1.29 is 0 Å². The average Bonchev–Trinajstić information content (AvgIpc) is 2.37. The van der Waals surface area contributed by atoms with E-state index in [0.29, 0.717) is 0 Å². The van der Waals surface area contributed by atoms with Crippen LogP contribution in [0.3, 0.4) is 0 Å². The first kappa shape index (κ1) is 14.2. The van der Waals surface area contributed by atoms with E-state index in [-0.39, 0.29) is 0 Å². The molecule has 0 bridgehead atoms. The van der Waals surface area contributed by atoms with Crippen LogP contribution in [0.2, 0.25) is 0 Å². The molecule has 18 heavy (non-hydrogen) atoms. The van der Waals surface area contributed by atoms with Crippen molar-refractivity contribution in [3.8, 4) is 0 Å². The number of anilines is 1. The zero-order valence-corrected chi connectivity index (χ0v) is 13.7. The summed E-state index contributed by atoms with van der Waals surface area (Å²) in [6, 6.07) is 2.03. The molecule has 1 aliphatic heterocycles. The number of piperazine rings is 1. The summed E-state index contributed by atoms with van der Waals surface area (Å²) in [6.07, 6.45) is 1.83. The largest absolute Gasteiger partial charge is 0.357 e. The Labute approximate surface area is 125 Å². The van der Waals surface area contributed by atoms with Crippen molar-refractivity contribution in [2.75, 3.05) is 51.2 Å². The summed E-state index contributed by atoms with van der Waals surface area (Å²) in [7, 11) is 2.09. The lowest BCUT2D eigenvalue weighted by atomic mass is 10.3. The predicted octanol–water partition coefficient (Wildman–Crippen LogP) is 1.95. The maximum Gasteiger partial charge on any atom is 0.142 e. The number of nitrogens with zero attached hydrogens (tertiary/aromatic N) is 3. The molecule has 0 aliphatic carbocycles. The first-order valence-corrected chi connectivity index (χ1v) is 7.70. The van der Waals surface area contributed by atoms with Crippen LogP contribution in [0.25, 0.3) is 0 Å². The molecule has 0 amide bonds. The quantitative estimate of drug-likeness (QED) is 0.868. The highest BCUT2D eigenvalue weighted by Crippen LogP contribution is 2.25. The number of halogens is 2. The fraction of sp³-hybridized carbons (Fsp3) is 0.583. The van der Waals surface area contributed by atoms with Crippen molar-refractivity contribution in [3.63, 3.8) is 0 Å². The predicted molar refractivity (Wildman–Crippen MR) is 82.2 cm³/mol. The summed E-state index contributed by atoms with van der Waals surface area (Å²) in [5.41, 5.74) is 0. The number of likely N-dealkylation sites (N-methyl/N-ethyl adjacent to an activating group) is 1. The van der Waals surface area contributed by atoms with E-state index in [0.717, 1.165) is 54.0 Å². The van der Waals surface area contributed by atoms with Crippen molar-refractivity contribution in [1.29, 1.82) is 0 Å². The summed E-state index contributed by atoms with van der Waals surface area (Å²) < 4.78 is 2.02. The van der Waals surface area contributed by atoms with Crippen LogP contribution < -0.4 is 10.2 Å². The van der Waals surface area contributed by atoms with Gasteiger partial charge in [0.05, 0.1) is 4.47 Å². The van der Waals surface area contributed by atoms with E-state index in [9.17, 15) is 0 Å². The molecule has 0 atom stereocenters. The van der Waals surface area contributed by atoms with Gasteiger partial charge in [-0.25, -0.2) is 4.98 Å². The molecular formula is C12H18Br2N4. The van der Waals surface area contributed by atoms with E-state index < -0.39 is 0 Å². The Morgan fingerprint density at radius 1 is 1.39 bits per heavy atom. The van der Waals surface area contributed by atoms with Gasteiger partial charge in [-0.1, -0.05) is 0 Å². The van der Waals surface area contributed by atoms with E-state index in [1.54, 1.807) is 0 Å². The Bertz CT molecular complexity index is 394. The van der Waals surface area contributed by atoms with Gasteiger partial charge < -0.3 is 10.2 Å². The minimum absolute atomic E-state index is 0.993. The van der Waals surface area contributed by atoms with Gasteiger partial charge in [-0.05, 0) is 37.9 Å². The topological polar surface area (TPSA) is 31.4 Å². The van der Waals surface area contributed by atoms with E-state index in [1.165, 1.54) is 0 Å². The zero-order valence-electron chi connectivity index (χ0n) is 10.5. The van der Waals surface area contributed by atoms with Gasteiger partial charge in [0, 0.05) is 57.0 Å². The third-order valence-corrected chi connectivity index (χ3v) is 4.13. The highest BCUT2D eigenvalue weighted by molar-refractivity contribution is 9.11. The first-order valence-electron chi connectivity index (χ1n) is 6.12. The van der Waals surface area contributed by atoms with Crippen LogP contribution in [0, 0.1) is 0 Å². The highest BCUT2D eigenvalue weighted by Gasteiger charge is 2.12. The second-order valence-electron chi connectivity index (χ2n) is 4.47. The fourth-order valence-corrected chi connectivity index (χ4v) is 3.31. The molecule has 0 unspecified atom stereocenters. The number of rotatable bonds is 4. The van der Waals surface area contributed by atoms with Crippen LogP contribution >= 0.6 is 31.9 Å². The zero-order chi connectivity index (χ0) is 13.0. The van der Waals surface area contributed by atoms with Gasteiger partial charge in [-0.2, -0.15) is 0 Å². The molecule has 0 saturated carbocycles. The molecule has 1 N–H and O–H groups in total. The summed E-state index contributed by atoms with van der Waals surface area (Å²) in [6.45, 7) is 6.56. The molecule has 0 radical (unpaired) electrons. The van der Waals surface area contributed by atoms with Crippen molar-refractivity contribution in [3.05, 3.63) is 21.2 Å². The van der Waals surface area contributed by atoms with Crippen molar-refractivity contribution in [1.82, 2.24) is 15.2 Å². The van der Waals surface area contributed by atoms with E-state index >= 15 is 0 Å². The Hall–Kier alpha value is -0.170. The molecular weight excluding hydrogens is 360 g/mol. The van der Waals surface area contributed by atoms with Crippen LogP contribution in [-0.2, 0) is 0 Å². The first-order chi connectivity index (χ1) is 8.66. The lowest BCUT2D eigenvalue weighted by Gasteiger charge is -2.29. The van der Waals surface area contributed by atoms with Crippen LogP contribution in [0.1, 0.15) is 0 Å². The SMILES string of the molecule is CN(CCN1CCNCC1)c1ncc(Br)cc1Br. The summed E-state index contributed by atoms with van der Waals surface area (Å²) in [4.78, 5) is 9.12. The molecule has 6 heteroatoms. The number of nitrogens with one attached hydrogen (secondary N) is 1. The van der Waals surface area contributed by atoms with Crippen LogP contribution in [0.4, 0.5) is 5.82 Å². The maximum atomic E-state index is 4.44. The normalized spacial score (nSPS) is 16.8. The Morgan fingerprint density at radius 3 is 2.78 bits per heavy atom. The van der Waals surface area contributed by atoms with Gasteiger partial charge >= 0.3 is 0 Å². The molecule has 2 rings (SSSR count). The molecule has 100 valence electrons. The molecule has 4 nitrogen and oxygen atoms in total. The molecule has 2 heterocycles. The Morgan fingerprint density at radius 2 is 2.11 bits per heavy atom. The average molecular weight is 378 g/mol. The minimum Gasteiger partial charge on any atom is -0.357 e. The van der Waals surface area contributed by atoms with E-state index in [2.05, 4.69) is 59.0 Å². The molecule has 1 saturated heterocycles. The monoisotopic (exact) mass is 376 g/mol. The summed E-state index contributed by atoms with van der Waals surface area (Å²) in [5, 5.41) is 3.37. The summed E-state index contributed by atoms with van der Waals surface area (Å²) >= 11 is 6.98. The fourth-order valence-electron chi connectivity index (χ4n) is 2.02. The highest BCUT2D eigenvalue weighted by atomic mass is 79.9. The molecule has 1 aromatic rings. The third-order valence-electron chi connectivity index (χ3n) is 3.11. The van der Waals surface area contributed by atoms with Gasteiger partial charge in [-0.3, -0.25) is 4.90 Å². The second kappa shape index (κ2) is 6.84. The van der Waals surface area contributed by atoms with Gasteiger partial charge in [0.1, 0.15) is 5.82 Å². The minimum atomic E-state index is 0.993. The maximum absolute atomic E-state index is 4.44. The number of pyridine rings is 1. The van der Waals surface area contributed by atoms with Gasteiger partial charge in [0.25, 0.3) is 0 Å². The van der Waals surface area contributed by atoms with Gasteiger partial charge in [0.2, 0.25) is 0 Å². The number of hydrogen-bond acceptors (Lipinski definition) is 4.